The van der Waals surface area contributed by atoms with Crippen LogP contribution in [-0.2, 0) is 43.0 Å². The van der Waals surface area contributed by atoms with Crippen LogP contribution in [0.1, 0.15) is 89.9 Å². The molecule has 45 heavy (non-hydrogen) atoms. The Hall–Kier alpha value is -2.77. The summed E-state index contributed by atoms with van der Waals surface area (Å²) >= 11 is 0. The molecule has 0 aromatic rings. The number of amides is 1. The number of carbonyl (C=O) groups is 5. The molecule has 13 nitrogen and oxygen atoms in total. The van der Waals surface area contributed by atoms with Crippen LogP contribution in [0.3, 0.4) is 0 Å². The molecular weight excluding hydrogens is 588 g/mol. The topological polar surface area (TPSA) is 187 Å². The van der Waals surface area contributed by atoms with Crippen molar-refractivity contribution >= 4 is 29.8 Å². The molecule has 6 atom stereocenters. The summed E-state index contributed by atoms with van der Waals surface area (Å²) in [5, 5.41) is 22.3. The van der Waals surface area contributed by atoms with E-state index in [-0.39, 0.29) is 67.5 Å². The van der Waals surface area contributed by atoms with Gasteiger partial charge in [-0.05, 0) is 95.8 Å². The highest BCUT2D eigenvalue weighted by Gasteiger charge is 2.43. The maximum absolute atomic E-state index is 13.1. The molecule has 4 aliphatic rings. The second-order valence-corrected chi connectivity index (χ2v) is 13.3. The highest BCUT2D eigenvalue weighted by atomic mass is 16.6. The molecule has 0 bridgehead atoms. The van der Waals surface area contributed by atoms with Crippen molar-refractivity contribution in [2.45, 2.75) is 114 Å². The smallest absolute Gasteiger partial charge is 0.308 e. The van der Waals surface area contributed by atoms with Crippen molar-refractivity contribution < 1.29 is 53.2 Å². The predicted octanol–water partition coefficient (Wildman–Crippen LogP) is 2.84. The first-order valence-corrected chi connectivity index (χ1v) is 16.5. The monoisotopic (exact) mass is 638 g/mol. The molecule has 0 aromatic carbocycles. The fourth-order valence-corrected chi connectivity index (χ4v) is 7.80. The lowest BCUT2D eigenvalue weighted by Gasteiger charge is -2.36. The Morgan fingerprint density at radius 2 is 1.13 bits per heavy atom. The third-order valence-electron chi connectivity index (χ3n) is 10.5. The number of methoxy groups -OCH3 is 2. The van der Waals surface area contributed by atoms with Gasteiger partial charge in [-0.25, -0.2) is 0 Å². The Morgan fingerprint density at radius 3 is 1.67 bits per heavy atom. The third-order valence-corrected chi connectivity index (χ3v) is 10.5. The minimum atomic E-state index is -1.00. The number of rotatable bonds is 12. The lowest BCUT2D eigenvalue weighted by molar-refractivity contribution is -0.155. The van der Waals surface area contributed by atoms with Gasteiger partial charge in [0.2, 0.25) is 5.91 Å². The Bertz CT molecular complexity index is 1040. The summed E-state index contributed by atoms with van der Waals surface area (Å²) in [6.07, 6.45) is 9.13. The first-order chi connectivity index (χ1) is 21.6. The van der Waals surface area contributed by atoms with E-state index < -0.39 is 41.6 Å². The van der Waals surface area contributed by atoms with Crippen molar-refractivity contribution in [1.29, 1.82) is 0 Å². The van der Waals surface area contributed by atoms with E-state index in [9.17, 15) is 34.2 Å². The van der Waals surface area contributed by atoms with Crippen LogP contribution >= 0.6 is 0 Å². The molecule has 0 heterocycles. The van der Waals surface area contributed by atoms with Crippen LogP contribution in [0, 0.1) is 35.5 Å². The van der Waals surface area contributed by atoms with Crippen LogP contribution in [0.25, 0.3) is 0 Å². The van der Waals surface area contributed by atoms with Crippen molar-refractivity contribution in [2.75, 3.05) is 20.8 Å². The van der Waals surface area contributed by atoms with E-state index >= 15 is 0 Å². The lowest BCUT2D eigenvalue weighted by Crippen LogP contribution is -2.47. The average molecular weight is 639 g/mol. The van der Waals surface area contributed by atoms with E-state index in [4.69, 9.17) is 19.0 Å². The Morgan fingerprint density at radius 1 is 0.622 bits per heavy atom. The summed E-state index contributed by atoms with van der Waals surface area (Å²) < 4.78 is 16.1. The molecule has 6 unspecified atom stereocenters. The quantitative estimate of drug-likeness (QED) is 0.181. The summed E-state index contributed by atoms with van der Waals surface area (Å²) in [4.78, 5) is 66.4. The Labute approximate surface area is 264 Å². The Balaban J connectivity index is 1.13. The minimum absolute atomic E-state index is 0.0461. The summed E-state index contributed by atoms with van der Waals surface area (Å²) in [5.74, 6) is -5.93. The molecule has 4 aliphatic carbocycles. The zero-order valence-electron chi connectivity index (χ0n) is 26.4. The molecule has 4 rings (SSSR count). The summed E-state index contributed by atoms with van der Waals surface area (Å²) in [5.41, 5.74) is 3.12. The number of esters is 2. The van der Waals surface area contributed by atoms with Gasteiger partial charge in [0.15, 0.2) is 0 Å². The van der Waals surface area contributed by atoms with Gasteiger partial charge in [-0.2, -0.15) is 5.48 Å². The lowest BCUT2D eigenvalue weighted by atomic mass is 9.73. The van der Waals surface area contributed by atoms with Gasteiger partial charge in [-0.1, -0.05) is 0 Å². The first kappa shape index (κ1) is 35.1. The summed E-state index contributed by atoms with van der Waals surface area (Å²) in [6.45, 7) is 0.226. The fraction of sp³-hybridized carbons (Fsp3) is 0.844. The zero-order chi connectivity index (χ0) is 32.5. The van der Waals surface area contributed by atoms with Crippen molar-refractivity contribution in [3.05, 3.63) is 0 Å². The zero-order valence-corrected chi connectivity index (χ0v) is 26.4. The van der Waals surface area contributed by atoms with E-state index in [1.807, 2.05) is 0 Å². The summed E-state index contributed by atoms with van der Waals surface area (Å²) in [7, 11) is 2.66. The molecule has 4 saturated carbocycles. The molecule has 0 aliphatic heterocycles. The van der Waals surface area contributed by atoms with Crippen molar-refractivity contribution in [2.24, 2.45) is 35.5 Å². The van der Waals surface area contributed by atoms with Gasteiger partial charge in [0.25, 0.3) is 0 Å². The third kappa shape index (κ3) is 9.62. The summed E-state index contributed by atoms with van der Waals surface area (Å²) in [6, 6.07) is 0.0995. The molecule has 0 aromatic heterocycles. The van der Waals surface area contributed by atoms with Gasteiger partial charge < -0.3 is 34.6 Å². The van der Waals surface area contributed by atoms with E-state index in [1.54, 1.807) is 0 Å². The van der Waals surface area contributed by atoms with Crippen molar-refractivity contribution in [3.63, 3.8) is 0 Å². The van der Waals surface area contributed by atoms with E-state index in [1.165, 1.54) is 14.2 Å². The second-order valence-electron chi connectivity index (χ2n) is 13.3. The molecule has 1 amide bonds. The van der Waals surface area contributed by atoms with Gasteiger partial charge in [0.05, 0.1) is 62.6 Å². The standard InChI is InChI=1S/C32H50N2O11/c1-42-31(40)18-3-13-25(29(36)37)20(15-18)17-44-34-22-7-11-24(12-8-22)45-23-9-5-21(6-10-23)33-28(35)27-16-19(32(41)43-2)4-14-26(27)30(38)39/h18-27,34H,3-17H2,1-2H3,(H,33,35)(H,36,37)(H,38,39). The van der Waals surface area contributed by atoms with Crippen LogP contribution in [0.2, 0.25) is 0 Å². The highest BCUT2D eigenvalue weighted by Crippen LogP contribution is 2.37. The van der Waals surface area contributed by atoms with E-state index in [2.05, 4.69) is 10.8 Å². The molecule has 254 valence electrons. The normalized spacial score (nSPS) is 35.5. The van der Waals surface area contributed by atoms with Gasteiger partial charge >= 0.3 is 23.9 Å². The van der Waals surface area contributed by atoms with Crippen LogP contribution in [0.5, 0.6) is 0 Å². The average Bonchev–Trinajstić information content (AvgIpc) is 3.05. The van der Waals surface area contributed by atoms with Crippen LogP contribution in [-0.4, -0.2) is 85.1 Å². The van der Waals surface area contributed by atoms with E-state index in [0.29, 0.717) is 25.7 Å². The van der Waals surface area contributed by atoms with Crippen molar-refractivity contribution in [3.8, 4) is 0 Å². The van der Waals surface area contributed by atoms with Crippen LogP contribution in [0.4, 0.5) is 0 Å². The number of hydroxylamine groups is 1. The number of aliphatic carboxylic acids is 2. The number of nitrogens with one attached hydrogen (secondary N) is 2. The molecular formula is C32H50N2O11. The van der Waals surface area contributed by atoms with Gasteiger partial charge in [0.1, 0.15) is 0 Å². The van der Waals surface area contributed by atoms with Gasteiger partial charge in [0, 0.05) is 12.1 Å². The van der Waals surface area contributed by atoms with Crippen molar-refractivity contribution in [1.82, 2.24) is 10.8 Å². The SMILES string of the molecule is COC(=O)C1CCC(C(=O)O)C(CONC2CCC(OC3CCC(NC(=O)C4CC(C(=O)OC)CCC4C(=O)O)CC3)CC2)C1. The van der Waals surface area contributed by atoms with Crippen LogP contribution < -0.4 is 10.8 Å². The van der Waals surface area contributed by atoms with Gasteiger partial charge in [-0.3, -0.25) is 24.0 Å². The minimum Gasteiger partial charge on any atom is -0.481 e. The molecule has 13 heteroatoms. The number of hydrogen-bond acceptors (Lipinski definition) is 10. The highest BCUT2D eigenvalue weighted by molar-refractivity contribution is 5.86. The molecule has 4 N–H and O–H groups in total. The number of carbonyl (C=O) groups excluding carboxylic acids is 3. The Kier molecular flexibility index (Phi) is 13.0. The number of ether oxygens (including phenoxy) is 3. The van der Waals surface area contributed by atoms with E-state index in [0.717, 1.165) is 51.4 Å². The predicted molar refractivity (Wildman–Crippen MR) is 158 cm³/mol. The largest absolute Gasteiger partial charge is 0.481 e. The number of carboxylic acid groups (broad SMARTS) is 2. The molecule has 0 spiro atoms. The molecule has 0 radical (unpaired) electrons. The number of hydrogen-bond donors (Lipinski definition) is 4. The maximum Gasteiger partial charge on any atom is 0.308 e. The molecule has 0 saturated heterocycles. The first-order valence-electron chi connectivity index (χ1n) is 16.5. The molecule has 4 fully saturated rings. The second kappa shape index (κ2) is 16.7. The maximum atomic E-state index is 13.1. The van der Waals surface area contributed by atoms with Gasteiger partial charge in [-0.15, -0.1) is 0 Å². The number of carboxylic acids is 2. The fourth-order valence-electron chi connectivity index (χ4n) is 7.80. The van der Waals surface area contributed by atoms with Crippen LogP contribution in [0.15, 0.2) is 0 Å².